The van der Waals surface area contributed by atoms with Gasteiger partial charge in [0, 0.05) is 30.1 Å². The fraction of sp³-hybridized carbons (Fsp3) is 0.273. The summed E-state index contributed by atoms with van der Waals surface area (Å²) in [6, 6.07) is 10.0. The van der Waals surface area contributed by atoms with Gasteiger partial charge in [-0.15, -0.1) is 0 Å². The van der Waals surface area contributed by atoms with Crippen LogP contribution in [0.3, 0.4) is 0 Å². The molecule has 0 atom stereocenters. The van der Waals surface area contributed by atoms with Crippen molar-refractivity contribution in [1.82, 2.24) is 0 Å². The molecule has 0 fully saturated rings. The van der Waals surface area contributed by atoms with Gasteiger partial charge >= 0.3 is 5.97 Å². The Labute approximate surface area is 159 Å². The van der Waals surface area contributed by atoms with Crippen molar-refractivity contribution in [3.63, 3.8) is 0 Å². The summed E-state index contributed by atoms with van der Waals surface area (Å²) >= 11 is 0. The molecule has 0 aromatic heterocycles. The molecular weight excluding hydrogens is 343 g/mol. The zero-order chi connectivity index (χ0) is 19.8. The monoisotopic (exact) mass is 366 g/mol. The number of hydrogen-bond acceptors (Lipinski definition) is 4. The molecule has 0 saturated heterocycles. The van der Waals surface area contributed by atoms with Crippen LogP contribution in [0.4, 0.5) is 15.8 Å². The quantitative estimate of drug-likeness (QED) is 0.567. The standard InChI is InChI=1S/C22H23FN2O2/c1-14-12-22(2,3)25(4)20-11-19(23)16(10-18(14)20)13-24-17-8-6-15(7-9-17)21(26)27-5/h6-13H,1-5H3. The number of aliphatic imine (C=N–C) groups is 1. The first-order valence-electron chi connectivity index (χ1n) is 8.72. The number of rotatable bonds is 3. The minimum absolute atomic E-state index is 0.166. The molecule has 4 nitrogen and oxygen atoms in total. The molecule has 0 unspecified atom stereocenters. The van der Waals surface area contributed by atoms with Crippen LogP contribution in [0.5, 0.6) is 0 Å². The summed E-state index contributed by atoms with van der Waals surface area (Å²) in [7, 11) is 3.31. The van der Waals surface area contributed by atoms with E-state index in [1.807, 2.05) is 20.0 Å². The first kappa shape index (κ1) is 18.8. The third-order valence-electron chi connectivity index (χ3n) is 4.98. The molecule has 0 N–H and O–H groups in total. The van der Waals surface area contributed by atoms with E-state index in [4.69, 9.17) is 0 Å². The third kappa shape index (κ3) is 3.63. The summed E-state index contributed by atoms with van der Waals surface area (Å²) in [5, 5.41) is 0. The lowest BCUT2D eigenvalue weighted by Gasteiger charge is -2.40. The average molecular weight is 366 g/mol. The second-order valence-corrected chi connectivity index (χ2v) is 7.23. The van der Waals surface area contributed by atoms with Crippen molar-refractivity contribution in [2.75, 3.05) is 19.1 Å². The highest BCUT2D eigenvalue weighted by Crippen LogP contribution is 2.38. The van der Waals surface area contributed by atoms with Gasteiger partial charge < -0.3 is 9.64 Å². The van der Waals surface area contributed by atoms with Gasteiger partial charge in [-0.3, -0.25) is 4.99 Å². The molecule has 5 heteroatoms. The number of ether oxygens (including phenoxy) is 1. The molecule has 0 bridgehead atoms. The molecule has 27 heavy (non-hydrogen) atoms. The van der Waals surface area contributed by atoms with Crippen molar-refractivity contribution in [1.29, 1.82) is 0 Å². The second-order valence-electron chi connectivity index (χ2n) is 7.23. The molecule has 0 saturated carbocycles. The Morgan fingerprint density at radius 3 is 2.52 bits per heavy atom. The normalized spacial score (nSPS) is 15.5. The highest BCUT2D eigenvalue weighted by molar-refractivity contribution is 5.91. The first-order valence-corrected chi connectivity index (χ1v) is 8.72. The summed E-state index contributed by atoms with van der Waals surface area (Å²) in [6.07, 6.45) is 3.69. The van der Waals surface area contributed by atoms with E-state index >= 15 is 0 Å². The van der Waals surface area contributed by atoms with Crippen molar-refractivity contribution < 1.29 is 13.9 Å². The summed E-state index contributed by atoms with van der Waals surface area (Å²) in [5.74, 6) is -0.721. The van der Waals surface area contributed by atoms with Gasteiger partial charge in [0.05, 0.1) is 23.9 Å². The predicted octanol–water partition coefficient (Wildman–Crippen LogP) is 4.99. The smallest absolute Gasteiger partial charge is 0.337 e. The number of likely N-dealkylation sites (N-methyl/N-ethyl adjacent to an activating group) is 1. The maximum atomic E-state index is 14.6. The van der Waals surface area contributed by atoms with Crippen LogP contribution in [-0.4, -0.2) is 31.9 Å². The molecule has 1 aliphatic rings. The van der Waals surface area contributed by atoms with Crippen LogP contribution >= 0.6 is 0 Å². The maximum Gasteiger partial charge on any atom is 0.337 e. The van der Waals surface area contributed by atoms with Crippen LogP contribution in [-0.2, 0) is 4.74 Å². The number of carbonyl (C=O) groups is 1. The van der Waals surface area contributed by atoms with Gasteiger partial charge in [0.1, 0.15) is 5.82 Å². The highest BCUT2D eigenvalue weighted by atomic mass is 19.1. The van der Waals surface area contributed by atoms with Gasteiger partial charge in [0.2, 0.25) is 0 Å². The van der Waals surface area contributed by atoms with Crippen LogP contribution in [0, 0.1) is 5.82 Å². The Hall–Kier alpha value is -2.95. The van der Waals surface area contributed by atoms with Gasteiger partial charge in [-0.2, -0.15) is 0 Å². The molecule has 3 rings (SSSR count). The van der Waals surface area contributed by atoms with E-state index in [0.29, 0.717) is 16.8 Å². The number of allylic oxidation sites excluding steroid dienone is 1. The zero-order valence-corrected chi connectivity index (χ0v) is 16.2. The average Bonchev–Trinajstić information content (AvgIpc) is 2.64. The van der Waals surface area contributed by atoms with E-state index < -0.39 is 5.97 Å². The molecule has 2 aromatic carbocycles. The molecule has 0 spiro atoms. The summed E-state index contributed by atoms with van der Waals surface area (Å²) < 4.78 is 19.3. The lowest BCUT2D eigenvalue weighted by molar-refractivity contribution is 0.0601. The van der Waals surface area contributed by atoms with Crippen molar-refractivity contribution in [2.24, 2.45) is 4.99 Å². The van der Waals surface area contributed by atoms with Crippen molar-refractivity contribution in [2.45, 2.75) is 26.3 Å². The predicted molar refractivity (Wildman–Crippen MR) is 108 cm³/mol. The number of methoxy groups -OCH3 is 1. The van der Waals surface area contributed by atoms with Crippen LogP contribution in [0.25, 0.3) is 5.57 Å². The Bertz CT molecular complexity index is 944. The number of nitrogens with zero attached hydrogens (tertiary/aromatic N) is 2. The summed E-state index contributed by atoms with van der Waals surface area (Å²) in [6.45, 7) is 6.24. The molecule has 0 aliphatic carbocycles. The molecule has 1 heterocycles. The van der Waals surface area contributed by atoms with E-state index in [0.717, 1.165) is 16.8 Å². The number of fused-ring (bicyclic) bond motifs is 1. The Morgan fingerprint density at radius 2 is 1.89 bits per heavy atom. The Kier molecular flexibility index (Phi) is 4.87. The number of benzene rings is 2. The highest BCUT2D eigenvalue weighted by Gasteiger charge is 2.29. The van der Waals surface area contributed by atoms with Crippen LogP contribution < -0.4 is 4.90 Å². The number of halogens is 1. The molecular formula is C22H23FN2O2. The van der Waals surface area contributed by atoms with Gasteiger partial charge in [-0.25, -0.2) is 9.18 Å². The maximum absolute atomic E-state index is 14.6. The first-order chi connectivity index (χ1) is 12.7. The van der Waals surface area contributed by atoms with Gasteiger partial charge in [0.25, 0.3) is 0 Å². The van der Waals surface area contributed by atoms with Crippen LogP contribution in [0.1, 0.15) is 42.3 Å². The zero-order valence-electron chi connectivity index (χ0n) is 16.2. The molecule has 0 radical (unpaired) electrons. The SMILES string of the molecule is COC(=O)c1ccc(N=Cc2cc3c(cc2F)N(C)C(C)(C)C=C3C)cc1. The molecule has 1 aliphatic heterocycles. The lowest BCUT2D eigenvalue weighted by Crippen LogP contribution is -2.42. The van der Waals surface area contributed by atoms with E-state index in [2.05, 4.69) is 34.6 Å². The molecule has 140 valence electrons. The topological polar surface area (TPSA) is 41.9 Å². The number of anilines is 1. The fourth-order valence-corrected chi connectivity index (χ4v) is 3.23. The lowest BCUT2D eigenvalue weighted by atomic mass is 9.88. The van der Waals surface area contributed by atoms with E-state index in [1.165, 1.54) is 13.3 Å². The number of carbonyl (C=O) groups excluding carboxylic acids is 1. The van der Waals surface area contributed by atoms with Crippen LogP contribution in [0.2, 0.25) is 0 Å². The van der Waals surface area contributed by atoms with Crippen molar-refractivity contribution in [3.05, 3.63) is 65.0 Å². The van der Waals surface area contributed by atoms with E-state index in [-0.39, 0.29) is 11.4 Å². The summed E-state index contributed by atoms with van der Waals surface area (Å²) in [5.41, 5.74) is 4.32. The Morgan fingerprint density at radius 1 is 1.22 bits per heavy atom. The minimum atomic E-state index is -0.402. The summed E-state index contributed by atoms with van der Waals surface area (Å²) in [4.78, 5) is 17.9. The molecule has 0 amide bonds. The third-order valence-corrected chi connectivity index (χ3v) is 4.98. The minimum Gasteiger partial charge on any atom is -0.465 e. The Balaban J connectivity index is 1.92. The fourth-order valence-electron chi connectivity index (χ4n) is 3.23. The van der Waals surface area contributed by atoms with Gasteiger partial charge in [-0.05, 0) is 62.7 Å². The van der Waals surface area contributed by atoms with Gasteiger partial charge in [-0.1, -0.05) is 6.08 Å². The van der Waals surface area contributed by atoms with Crippen LogP contribution in [0.15, 0.2) is 47.5 Å². The van der Waals surface area contributed by atoms with E-state index in [9.17, 15) is 9.18 Å². The van der Waals surface area contributed by atoms with E-state index in [1.54, 1.807) is 30.3 Å². The van der Waals surface area contributed by atoms with Crippen molar-refractivity contribution >= 4 is 29.1 Å². The largest absolute Gasteiger partial charge is 0.465 e. The molecule has 2 aromatic rings. The van der Waals surface area contributed by atoms with Gasteiger partial charge in [0.15, 0.2) is 0 Å². The number of hydrogen-bond donors (Lipinski definition) is 0. The second kappa shape index (κ2) is 6.99. The van der Waals surface area contributed by atoms with Crippen molar-refractivity contribution in [3.8, 4) is 0 Å². The number of esters is 1.